The van der Waals surface area contributed by atoms with Gasteiger partial charge >= 0.3 is 0 Å². The molecule has 136 valence electrons. The van der Waals surface area contributed by atoms with Gasteiger partial charge in [0.25, 0.3) is 5.91 Å². The average molecular weight is 371 g/mol. The molecular weight excluding hydrogens is 350 g/mol. The van der Waals surface area contributed by atoms with E-state index in [1.807, 2.05) is 17.0 Å². The molecule has 4 rings (SSSR count). The molecule has 1 saturated heterocycles. The summed E-state index contributed by atoms with van der Waals surface area (Å²) in [5, 5.41) is 0. The minimum absolute atomic E-state index is 0.0530. The lowest BCUT2D eigenvalue weighted by atomic mass is 10.1. The van der Waals surface area contributed by atoms with Gasteiger partial charge in [-0.2, -0.15) is 0 Å². The van der Waals surface area contributed by atoms with Gasteiger partial charge in [-0.05, 0) is 55.2 Å². The Balaban J connectivity index is 1.59. The van der Waals surface area contributed by atoms with Gasteiger partial charge in [-0.25, -0.2) is 8.42 Å². The van der Waals surface area contributed by atoms with Crippen LogP contribution in [-0.4, -0.2) is 42.5 Å². The lowest BCUT2D eigenvalue weighted by Gasteiger charge is -2.24. The van der Waals surface area contributed by atoms with Crippen molar-refractivity contribution >= 4 is 21.6 Å². The lowest BCUT2D eigenvalue weighted by Crippen LogP contribution is -2.33. The predicted octanol–water partition coefficient (Wildman–Crippen LogP) is 2.43. The van der Waals surface area contributed by atoms with Crippen molar-refractivity contribution in [2.24, 2.45) is 0 Å². The summed E-state index contributed by atoms with van der Waals surface area (Å²) in [7, 11) is -3.25. The summed E-state index contributed by atoms with van der Waals surface area (Å²) in [6, 6.07) is 11.1. The molecule has 0 unspecified atom stereocenters. The van der Waals surface area contributed by atoms with E-state index in [0.717, 1.165) is 18.4 Å². The summed E-state index contributed by atoms with van der Waals surface area (Å²) < 4.78 is 25.7. The average Bonchev–Trinajstić information content (AvgIpc) is 3.42. The largest absolute Gasteiger partial charge is 0.331 e. The van der Waals surface area contributed by atoms with E-state index >= 15 is 0 Å². The number of amides is 1. The molecule has 6 nitrogen and oxygen atoms in total. The number of hydrogen-bond acceptors (Lipinski definition) is 4. The smallest absolute Gasteiger partial charge is 0.254 e. The van der Waals surface area contributed by atoms with Crippen LogP contribution in [0.1, 0.15) is 35.2 Å². The van der Waals surface area contributed by atoms with Crippen molar-refractivity contribution in [1.29, 1.82) is 0 Å². The topological polar surface area (TPSA) is 70.6 Å². The maximum Gasteiger partial charge on any atom is 0.254 e. The molecule has 1 aromatic carbocycles. The summed E-state index contributed by atoms with van der Waals surface area (Å²) >= 11 is 0. The van der Waals surface area contributed by atoms with E-state index < -0.39 is 10.0 Å². The van der Waals surface area contributed by atoms with Crippen LogP contribution in [0.5, 0.6) is 0 Å². The predicted molar refractivity (Wildman–Crippen MR) is 99.3 cm³/mol. The molecule has 2 aliphatic rings. The first kappa shape index (κ1) is 17.0. The molecule has 0 atom stereocenters. The third-order valence-corrected chi connectivity index (χ3v) is 6.70. The Labute approximate surface area is 153 Å². The molecule has 1 aliphatic heterocycles. The number of carbonyl (C=O) groups is 1. The van der Waals surface area contributed by atoms with Gasteiger partial charge in [-0.15, -0.1) is 0 Å². The van der Waals surface area contributed by atoms with Crippen molar-refractivity contribution in [3.63, 3.8) is 0 Å². The van der Waals surface area contributed by atoms with Gasteiger partial charge in [-0.1, -0.05) is 6.07 Å². The second-order valence-corrected chi connectivity index (χ2v) is 8.82. The first-order chi connectivity index (χ1) is 12.5. The van der Waals surface area contributed by atoms with E-state index in [0.29, 0.717) is 30.8 Å². The molecule has 0 radical (unpaired) electrons. The van der Waals surface area contributed by atoms with Crippen molar-refractivity contribution in [2.75, 3.05) is 16.6 Å². The fourth-order valence-corrected chi connectivity index (χ4v) is 4.88. The fourth-order valence-electron chi connectivity index (χ4n) is 3.33. The molecule has 2 aromatic rings. The number of hydrogen-bond donors (Lipinski definition) is 0. The van der Waals surface area contributed by atoms with Crippen molar-refractivity contribution in [3.05, 3.63) is 59.9 Å². The van der Waals surface area contributed by atoms with Crippen molar-refractivity contribution in [1.82, 2.24) is 9.88 Å². The van der Waals surface area contributed by atoms with Crippen LogP contribution in [0.15, 0.2) is 48.8 Å². The summed E-state index contributed by atoms with van der Waals surface area (Å²) in [6.07, 6.45) is 6.10. The molecule has 0 N–H and O–H groups in total. The second-order valence-electron chi connectivity index (χ2n) is 6.81. The second kappa shape index (κ2) is 6.72. The number of sulfonamides is 1. The molecule has 26 heavy (non-hydrogen) atoms. The molecule has 0 bridgehead atoms. The quantitative estimate of drug-likeness (QED) is 0.809. The van der Waals surface area contributed by atoms with E-state index in [2.05, 4.69) is 4.98 Å². The number of pyridine rings is 1. The highest BCUT2D eigenvalue weighted by Gasteiger charge is 2.34. The molecule has 0 spiro atoms. The number of rotatable bonds is 5. The molecule has 2 fully saturated rings. The zero-order chi connectivity index (χ0) is 18.1. The van der Waals surface area contributed by atoms with Gasteiger partial charge in [0.15, 0.2) is 0 Å². The van der Waals surface area contributed by atoms with E-state index in [1.54, 1.807) is 36.7 Å². The molecule has 1 aromatic heterocycles. The SMILES string of the molecule is O=C(c1cccc(N2CCCS2(=O)=O)c1)N(Cc1ccncc1)C1CC1. The van der Waals surface area contributed by atoms with E-state index in [4.69, 9.17) is 0 Å². The monoisotopic (exact) mass is 371 g/mol. The molecule has 1 saturated carbocycles. The van der Waals surface area contributed by atoms with Gasteiger partial charge in [0.2, 0.25) is 10.0 Å². The highest BCUT2D eigenvalue weighted by atomic mass is 32.2. The Hall–Kier alpha value is -2.41. The van der Waals surface area contributed by atoms with Crippen LogP contribution < -0.4 is 4.31 Å². The number of carbonyl (C=O) groups excluding carboxylic acids is 1. The molecular formula is C19H21N3O3S. The Morgan fingerprint density at radius 2 is 1.96 bits per heavy atom. The summed E-state index contributed by atoms with van der Waals surface area (Å²) in [4.78, 5) is 19.0. The Kier molecular flexibility index (Phi) is 4.40. The third-order valence-electron chi connectivity index (χ3n) is 4.83. The highest BCUT2D eigenvalue weighted by Crippen LogP contribution is 2.31. The van der Waals surface area contributed by atoms with E-state index in [9.17, 15) is 13.2 Å². The lowest BCUT2D eigenvalue weighted by molar-refractivity contribution is 0.0730. The number of nitrogens with zero attached hydrogens (tertiary/aromatic N) is 3. The number of anilines is 1. The van der Waals surface area contributed by atoms with Crippen LogP contribution in [0.4, 0.5) is 5.69 Å². The third kappa shape index (κ3) is 3.44. The molecule has 2 heterocycles. The van der Waals surface area contributed by atoms with Crippen molar-refractivity contribution in [3.8, 4) is 0 Å². The normalized spacial score (nSPS) is 18.7. The molecule has 7 heteroatoms. The molecule has 1 aliphatic carbocycles. The Morgan fingerprint density at radius 3 is 2.62 bits per heavy atom. The minimum Gasteiger partial charge on any atom is -0.331 e. The standard InChI is InChI=1S/C19H21N3O3S/c23-19(21(17-5-6-17)14-15-7-9-20-10-8-15)16-3-1-4-18(13-16)22-11-2-12-26(22,24)25/h1,3-4,7-10,13,17H,2,5-6,11-12,14H2. The van der Waals surface area contributed by atoms with Crippen LogP contribution in [0.25, 0.3) is 0 Å². The Bertz CT molecular complexity index is 911. The van der Waals surface area contributed by atoms with Crippen LogP contribution in [0.3, 0.4) is 0 Å². The maximum absolute atomic E-state index is 13.1. The van der Waals surface area contributed by atoms with E-state index in [1.165, 1.54) is 4.31 Å². The van der Waals surface area contributed by atoms with Gasteiger partial charge in [0.1, 0.15) is 0 Å². The summed E-state index contributed by atoms with van der Waals surface area (Å²) in [5.74, 6) is 0.115. The Morgan fingerprint density at radius 1 is 1.19 bits per heavy atom. The van der Waals surface area contributed by atoms with Crippen molar-refractivity contribution in [2.45, 2.75) is 31.8 Å². The first-order valence-corrected chi connectivity index (χ1v) is 10.5. The maximum atomic E-state index is 13.1. The summed E-state index contributed by atoms with van der Waals surface area (Å²) in [5.41, 5.74) is 2.15. The first-order valence-electron chi connectivity index (χ1n) is 8.85. The van der Waals surface area contributed by atoms with Crippen LogP contribution in [-0.2, 0) is 16.6 Å². The summed E-state index contributed by atoms with van der Waals surface area (Å²) in [6.45, 7) is 1.02. The number of benzene rings is 1. The van der Waals surface area contributed by atoms with Crippen molar-refractivity contribution < 1.29 is 13.2 Å². The van der Waals surface area contributed by atoms with Gasteiger partial charge in [0.05, 0.1) is 11.4 Å². The fraction of sp³-hybridized carbons (Fsp3) is 0.368. The number of aromatic nitrogens is 1. The van der Waals surface area contributed by atoms with Crippen LogP contribution in [0.2, 0.25) is 0 Å². The van der Waals surface area contributed by atoms with Gasteiger partial charge in [-0.3, -0.25) is 14.1 Å². The van der Waals surface area contributed by atoms with Crippen LogP contribution in [0, 0.1) is 0 Å². The zero-order valence-corrected chi connectivity index (χ0v) is 15.2. The van der Waals surface area contributed by atoms with Gasteiger partial charge in [0, 0.05) is 37.1 Å². The zero-order valence-electron chi connectivity index (χ0n) is 14.4. The van der Waals surface area contributed by atoms with Gasteiger partial charge < -0.3 is 4.90 Å². The minimum atomic E-state index is -3.25. The molecule has 1 amide bonds. The highest BCUT2D eigenvalue weighted by molar-refractivity contribution is 7.93. The van der Waals surface area contributed by atoms with Crippen LogP contribution >= 0.6 is 0 Å². The van der Waals surface area contributed by atoms with E-state index in [-0.39, 0.29) is 17.7 Å².